The first kappa shape index (κ1) is 17.7. The zero-order valence-electron chi connectivity index (χ0n) is 14.0. The molecule has 1 aromatic carbocycles. The number of hydrogen-bond acceptors (Lipinski definition) is 5. The standard InChI is InChI=1S/C18H21NO5/c1-4-24-18(22)16-12(2)19(9-10-23-3)17(21)14(16)11-13-7-5-6-8-15(13)20/h5-8,11,20H,4,9-10H2,1-3H3. The monoisotopic (exact) mass is 331 g/mol. The fourth-order valence-electron chi connectivity index (χ4n) is 2.55. The van der Waals surface area contributed by atoms with E-state index < -0.39 is 5.97 Å². The Morgan fingerprint density at radius 1 is 1.33 bits per heavy atom. The Kier molecular flexibility index (Phi) is 5.76. The van der Waals surface area contributed by atoms with E-state index in [1.54, 1.807) is 39.2 Å². The molecule has 24 heavy (non-hydrogen) atoms. The van der Waals surface area contributed by atoms with Crippen LogP contribution in [-0.4, -0.2) is 48.8 Å². The van der Waals surface area contributed by atoms with Crippen LogP contribution in [0.3, 0.4) is 0 Å². The second-order valence-electron chi connectivity index (χ2n) is 5.25. The number of benzene rings is 1. The molecule has 6 heteroatoms. The first-order valence-corrected chi connectivity index (χ1v) is 7.70. The number of phenolic OH excluding ortho intramolecular Hbond substituents is 1. The smallest absolute Gasteiger partial charge is 0.340 e. The summed E-state index contributed by atoms with van der Waals surface area (Å²) >= 11 is 0. The molecule has 1 aliphatic heterocycles. The molecule has 0 saturated heterocycles. The van der Waals surface area contributed by atoms with Gasteiger partial charge in [0.2, 0.25) is 0 Å². The highest BCUT2D eigenvalue weighted by Gasteiger charge is 2.37. The summed E-state index contributed by atoms with van der Waals surface area (Å²) in [6, 6.07) is 6.63. The molecule has 0 saturated carbocycles. The molecule has 0 unspecified atom stereocenters. The maximum absolute atomic E-state index is 12.7. The van der Waals surface area contributed by atoms with Gasteiger partial charge in [0.25, 0.3) is 5.91 Å². The van der Waals surface area contributed by atoms with Crippen molar-refractivity contribution in [2.75, 3.05) is 26.9 Å². The van der Waals surface area contributed by atoms with Crippen LogP contribution in [0.2, 0.25) is 0 Å². The molecule has 1 aromatic rings. The van der Waals surface area contributed by atoms with Crippen LogP contribution in [0.1, 0.15) is 19.4 Å². The van der Waals surface area contributed by atoms with Crippen molar-refractivity contribution in [1.29, 1.82) is 0 Å². The summed E-state index contributed by atoms with van der Waals surface area (Å²) in [6.45, 7) is 4.31. The summed E-state index contributed by atoms with van der Waals surface area (Å²) in [5, 5.41) is 9.94. The number of carbonyl (C=O) groups excluding carboxylic acids is 2. The molecule has 1 heterocycles. The van der Waals surface area contributed by atoms with E-state index in [0.29, 0.717) is 24.4 Å². The zero-order valence-corrected chi connectivity index (χ0v) is 14.0. The lowest BCUT2D eigenvalue weighted by atomic mass is 10.0. The van der Waals surface area contributed by atoms with Crippen LogP contribution in [0, 0.1) is 0 Å². The molecule has 0 bridgehead atoms. The van der Waals surface area contributed by atoms with Gasteiger partial charge >= 0.3 is 5.97 Å². The molecular weight excluding hydrogens is 310 g/mol. The summed E-state index contributed by atoms with van der Waals surface area (Å²) in [5.74, 6) is -0.824. The fourth-order valence-corrected chi connectivity index (χ4v) is 2.55. The quantitative estimate of drug-likeness (QED) is 0.638. The van der Waals surface area contributed by atoms with Crippen molar-refractivity contribution in [1.82, 2.24) is 4.90 Å². The SMILES string of the molecule is CCOC(=O)C1=C(C)N(CCOC)C(=O)C1=Cc1ccccc1O. The lowest BCUT2D eigenvalue weighted by molar-refractivity contribution is -0.138. The van der Waals surface area contributed by atoms with E-state index in [1.165, 1.54) is 17.0 Å². The highest BCUT2D eigenvalue weighted by molar-refractivity contribution is 6.16. The van der Waals surface area contributed by atoms with Gasteiger partial charge in [-0.25, -0.2) is 4.79 Å². The van der Waals surface area contributed by atoms with E-state index in [4.69, 9.17) is 9.47 Å². The van der Waals surface area contributed by atoms with Gasteiger partial charge in [-0.1, -0.05) is 18.2 Å². The van der Waals surface area contributed by atoms with E-state index in [9.17, 15) is 14.7 Å². The van der Waals surface area contributed by atoms with Crippen molar-refractivity contribution in [2.24, 2.45) is 0 Å². The molecule has 1 N–H and O–H groups in total. The zero-order chi connectivity index (χ0) is 17.7. The van der Waals surface area contributed by atoms with Crippen molar-refractivity contribution in [2.45, 2.75) is 13.8 Å². The highest BCUT2D eigenvalue weighted by atomic mass is 16.5. The molecule has 6 nitrogen and oxygen atoms in total. The number of para-hydroxylation sites is 1. The number of allylic oxidation sites excluding steroid dienone is 1. The van der Waals surface area contributed by atoms with E-state index in [-0.39, 0.29) is 29.4 Å². The van der Waals surface area contributed by atoms with E-state index in [1.807, 2.05) is 0 Å². The van der Waals surface area contributed by atoms with Crippen LogP contribution in [0.5, 0.6) is 5.75 Å². The van der Waals surface area contributed by atoms with Gasteiger partial charge in [-0.05, 0) is 26.0 Å². The molecule has 0 atom stereocenters. The van der Waals surface area contributed by atoms with Crippen LogP contribution >= 0.6 is 0 Å². The largest absolute Gasteiger partial charge is 0.507 e. The molecule has 0 aromatic heterocycles. The van der Waals surface area contributed by atoms with Crippen molar-refractivity contribution in [3.8, 4) is 5.75 Å². The van der Waals surface area contributed by atoms with E-state index in [0.717, 1.165) is 0 Å². The third-order valence-corrected chi connectivity index (χ3v) is 3.75. The molecule has 0 radical (unpaired) electrons. The van der Waals surface area contributed by atoms with Crippen LogP contribution in [0.4, 0.5) is 0 Å². The number of hydrogen-bond donors (Lipinski definition) is 1. The van der Waals surface area contributed by atoms with Crippen LogP contribution in [0.25, 0.3) is 6.08 Å². The average molecular weight is 331 g/mol. The number of amides is 1. The summed E-state index contributed by atoms with van der Waals surface area (Å²) in [7, 11) is 1.55. The number of esters is 1. The third-order valence-electron chi connectivity index (χ3n) is 3.75. The molecule has 0 aliphatic carbocycles. The lowest BCUT2D eigenvalue weighted by Crippen LogP contribution is -2.28. The molecule has 0 fully saturated rings. The summed E-state index contributed by atoms with van der Waals surface area (Å²) in [5.41, 5.74) is 1.42. The number of phenols is 1. The Labute approximate surface area is 141 Å². The Bertz CT molecular complexity index is 705. The summed E-state index contributed by atoms with van der Waals surface area (Å²) in [6.07, 6.45) is 1.51. The molecule has 1 aliphatic rings. The first-order valence-electron chi connectivity index (χ1n) is 7.70. The van der Waals surface area contributed by atoms with E-state index in [2.05, 4.69) is 0 Å². The maximum Gasteiger partial charge on any atom is 0.340 e. The van der Waals surface area contributed by atoms with E-state index >= 15 is 0 Å². The van der Waals surface area contributed by atoms with Gasteiger partial charge < -0.3 is 19.5 Å². The number of methoxy groups -OCH3 is 1. The number of ether oxygens (including phenoxy) is 2. The van der Waals surface area contributed by atoms with Crippen LogP contribution in [-0.2, 0) is 19.1 Å². The van der Waals surface area contributed by atoms with Crippen molar-refractivity contribution in [3.05, 3.63) is 46.7 Å². The topological polar surface area (TPSA) is 76.1 Å². The average Bonchev–Trinajstić information content (AvgIpc) is 2.78. The fraction of sp³-hybridized carbons (Fsp3) is 0.333. The Hall–Kier alpha value is -2.60. The van der Waals surface area contributed by atoms with Crippen molar-refractivity contribution >= 4 is 18.0 Å². The van der Waals surface area contributed by atoms with Gasteiger partial charge in [0.15, 0.2) is 0 Å². The molecule has 0 spiro atoms. The summed E-state index contributed by atoms with van der Waals surface area (Å²) < 4.78 is 10.1. The van der Waals surface area contributed by atoms with Crippen LogP contribution < -0.4 is 0 Å². The van der Waals surface area contributed by atoms with Crippen LogP contribution in [0.15, 0.2) is 41.1 Å². The molecule has 1 amide bonds. The van der Waals surface area contributed by atoms with Crippen molar-refractivity contribution in [3.63, 3.8) is 0 Å². The number of rotatable bonds is 6. The van der Waals surface area contributed by atoms with Gasteiger partial charge in [-0.2, -0.15) is 0 Å². The normalized spacial score (nSPS) is 16.2. The van der Waals surface area contributed by atoms with Crippen molar-refractivity contribution < 1.29 is 24.2 Å². The second-order valence-corrected chi connectivity index (χ2v) is 5.25. The first-order chi connectivity index (χ1) is 11.5. The maximum atomic E-state index is 12.7. The van der Waals surface area contributed by atoms with Gasteiger partial charge in [0.1, 0.15) is 5.75 Å². The second kappa shape index (κ2) is 7.79. The van der Waals surface area contributed by atoms with Gasteiger partial charge in [-0.3, -0.25) is 4.79 Å². The number of aromatic hydroxyl groups is 1. The van der Waals surface area contributed by atoms with Gasteiger partial charge in [-0.15, -0.1) is 0 Å². The predicted molar refractivity (Wildman–Crippen MR) is 89.0 cm³/mol. The predicted octanol–water partition coefficient (Wildman–Crippen LogP) is 2.10. The highest BCUT2D eigenvalue weighted by Crippen LogP contribution is 2.32. The Morgan fingerprint density at radius 3 is 2.67 bits per heavy atom. The van der Waals surface area contributed by atoms with Gasteiger partial charge in [0, 0.05) is 24.9 Å². The molecule has 128 valence electrons. The number of carbonyl (C=O) groups is 2. The Balaban J connectivity index is 2.49. The minimum atomic E-state index is -0.551. The minimum absolute atomic E-state index is 0.0361. The molecule has 2 rings (SSSR count). The lowest BCUT2D eigenvalue weighted by Gasteiger charge is -2.16. The molecular formula is C18H21NO5. The Morgan fingerprint density at radius 2 is 2.04 bits per heavy atom. The summed E-state index contributed by atoms with van der Waals surface area (Å²) in [4.78, 5) is 26.5. The van der Waals surface area contributed by atoms with Gasteiger partial charge in [0.05, 0.1) is 24.4 Å². The minimum Gasteiger partial charge on any atom is -0.507 e. The number of nitrogens with zero attached hydrogens (tertiary/aromatic N) is 1. The third kappa shape index (κ3) is 3.49.